The molecule has 0 spiro atoms. The molecule has 1 aliphatic heterocycles. The topological polar surface area (TPSA) is 12.0 Å². The van der Waals surface area contributed by atoms with E-state index in [-0.39, 0.29) is 0 Å². The Morgan fingerprint density at radius 3 is 2.93 bits per heavy atom. The fraction of sp³-hybridized carbons (Fsp3) is 0.417. The molecule has 1 aromatic rings. The maximum atomic E-state index is 3.41. The SMILES string of the molecule is CS(C)=Cc1ccc2c(c1)CNCC2. The molecule has 0 bridgehead atoms. The summed E-state index contributed by atoms with van der Waals surface area (Å²) in [4.78, 5) is 0. The molecule has 0 saturated carbocycles. The first kappa shape index (κ1) is 9.94. The van der Waals surface area contributed by atoms with Gasteiger partial charge in [-0.25, -0.2) is 0 Å². The molecule has 0 fully saturated rings. The molecule has 0 saturated heterocycles. The smallest absolute Gasteiger partial charge is 0.0208 e. The first-order valence-electron chi connectivity index (χ1n) is 4.99. The molecule has 0 aromatic heterocycles. The van der Waals surface area contributed by atoms with Crippen molar-refractivity contribution in [3.63, 3.8) is 0 Å². The van der Waals surface area contributed by atoms with Gasteiger partial charge in [-0.15, -0.1) is 0 Å². The number of fused-ring (bicyclic) bond motifs is 1. The molecule has 0 amide bonds. The summed E-state index contributed by atoms with van der Waals surface area (Å²) in [7, 11) is 0.387. The van der Waals surface area contributed by atoms with E-state index in [1.807, 2.05) is 0 Å². The van der Waals surface area contributed by atoms with Crippen molar-refractivity contribution in [2.24, 2.45) is 0 Å². The summed E-state index contributed by atoms with van der Waals surface area (Å²) in [5.41, 5.74) is 4.38. The predicted octanol–water partition coefficient (Wildman–Crippen LogP) is 2.01. The lowest BCUT2D eigenvalue weighted by Crippen LogP contribution is -2.23. The highest BCUT2D eigenvalue weighted by Crippen LogP contribution is 2.16. The Hall–Kier alpha value is -0.600. The van der Waals surface area contributed by atoms with Crippen LogP contribution >= 0.6 is 10.5 Å². The largest absolute Gasteiger partial charge is 0.312 e. The van der Waals surface area contributed by atoms with E-state index >= 15 is 0 Å². The highest BCUT2D eigenvalue weighted by molar-refractivity contribution is 8.14. The van der Waals surface area contributed by atoms with Crippen LogP contribution in [0.5, 0.6) is 0 Å². The van der Waals surface area contributed by atoms with Gasteiger partial charge < -0.3 is 5.32 Å². The molecule has 14 heavy (non-hydrogen) atoms. The van der Waals surface area contributed by atoms with Crippen LogP contribution < -0.4 is 5.32 Å². The van der Waals surface area contributed by atoms with Crippen LogP contribution in [-0.2, 0) is 13.0 Å². The summed E-state index contributed by atoms with van der Waals surface area (Å²) in [6, 6.07) is 6.86. The Kier molecular flexibility index (Phi) is 3.04. The van der Waals surface area contributed by atoms with Gasteiger partial charge in [0.15, 0.2) is 0 Å². The van der Waals surface area contributed by atoms with Gasteiger partial charge in [-0.2, -0.15) is 10.5 Å². The molecule has 0 aliphatic carbocycles. The summed E-state index contributed by atoms with van der Waals surface area (Å²) >= 11 is 0. The Bertz CT molecular complexity index is 365. The molecule has 1 heterocycles. The second kappa shape index (κ2) is 4.28. The second-order valence-electron chi connectivity index (χ2n) is 3.95. The van der Waals surface area contributed by atoms with Crippen LogP contribution in [-0.4, -0.2) is 24.4 Å². The Morgan fingerprint density at radius 2 is 2.14 bits per heavy atom. The fourth-order valence-corrected chi connectivity index (χ4v) is 2.54. The molecule has 1 aromatic carbocycles. The Morgan fingerprint density at radius 1 is 1.29 bits per heavy atom. The first-order chi connectivity index (χ1) is 6.75. The maximum absolute atomic E-state index is 3.41. The van der Waals surface area contributed by atoms with Gasteiger partial charge >= 0.3 is 0 Å². The van der Waals surface area contributed by atoms with Crippen molar-refractivity contribution in [1.29, 1.82) is 0 Å². The van der Waals surface area contributed by atoms with Crippen LogP contribution in [0.2, 0.25) is 0 Å². The van der Waals surface area contributed by atoms with Gasteiger partial charge in [0.05, 0.1) is 0 Å². The standard InChI is InChI=1S/C12H17NS/c1-14(2)9-10-3-4-11-5-6-13-8-12(11)7-10/h3-4,7,9,13H,5-6,8H2,1-2H3. The molecule has 1 aliphatic rings. The zero-order valence-electron chi connectivity index (χ0n) is 8.84. The quantitative estimate of drug-likeness (QED) is 0.695. The van der Waals surface area contributed by atoms with Gasteiger partial charge in [0.2, 0.25) is 0 Å². The fourth-order valence-electron chi connectivity index (χ4n) is 1.85. The summed E-state index contributed by atoms with van der Waals surface area (Å²) in [6.07, 6.45) is 5.68. The normalized spacial score (nSPS) is 15.4. The van der Waals surface area contributed by atoms with Crippen molar-refractivity contribution < 1.29 is 0 Å². The van der Waals surface area contributed by atoms with Gasteiger partial charge in [-0.05, 0) is 53.6 Å². The molecule has 2 heteroatoms. The third kappa shape index (κ3) is 2.25. The van der Waals surface area contributed by atoms with Gasteiger partial charge in [0.1, 0.15) is 0 Å². The summed E-state index contributed by atoms with van der Waals surface area (Å²) in [6.45, 7) is 2.17. The van der Waals surface area contributed by atoms with E-state index in [0.29, 0.717) is 10.5 Å². The molecule has 0 radical (unpaired) electrons. The molecular formula is C12H17NS. The Labute approximate surface area is 88.5 Å². The number of nitrogens with one attached hydrogen (secondary N) is 1. The highest BCUT2D eigenvalue weighted by atomic mass is 32.2. The molecule has 0 atom stereocenters. The third-order valence-electron chi connectivity index (χ3n) is 2.49. The number of benzene rings is 1. The van der Waals surface area contributed by atoms with Crippen molar-refractivity contribution >= 4 is 15.9 Å². The third-order valence-corrected chi connectivity index (χ3v) is 3.23. The minimum absolute atomic E-state index is 0.387. The van der Waals surface area contributed by atoms with Crippen LogP contribution in [0.3, 0.4) is 0 Å². The Balaban J connectivity index is 2.34. The summed E-state index contributed by atoms with van der Waals surface area (Å²) < 4.78 is 0. The van der Waals surface area contributed by atoms with Gasteiger partial charge in [0.25, 0.3) is 0 Å². The van der Waals surface area contributed by atoms with E-state index < -0.39 is 0 Å². The summed E-state index contributed by atoms with van der Waals surface area (Å²) in [5, 5.41) is 5.75. The molecule has 76 valence electrons. The monoisotopic (exact) mass is 207 g/mol. The lowest BCUT2D eigenvalue weighted by atomic mass is 9.99. The first-order valence-corrected chi connectivity index (χ1v) is 7.10. The minimum atomic E-state index is 0.387. The van der Waals surface area contributed by atoms with Crippen molar-refractivity contribution in [2.75, 3.05) is 19.1 Å². The van der Waals surface area contributed by atoms with Crippen LogP contribution in [0.25, 0.3) is 0 Å². The van der Waals surface area contributed by atoms with Crippen molar-refractivity contribution in [1.82, 2.24) is 5.32 Å². The van der Waals surface area contributed by atoms with Crippen LogP contribution in [0.15, 0.2) is 18.2 Å². The molecule has 1 nitrogen and oxygen atoms in total. The van der Waals surface area contributed by atoms with E-state index in [2.05, 4.69) is 41.4 Å². The second-order valence-corrected chi connectivity index (χ2v) is 5.95. The predicted molar refractivity (Wildman–Crippen MR) is 66.5 cm³/mol. The average molecular weight is 207 g/mol. The van der Waals surface area contributed by atoms with E-state index in [1.165, 1.54) is 23.1 Å². The van der Waals surface area contributed by atoms with E-state index in [0.717, 1.165) is 13.1 Å². The van der Waals surface area contributed by atoms with Crippen molar-refractivity contribution in [3.05, 3.63) is 34.9 Å². The van der Waals surface area contributed by atoms with E-state index in [4.69, 9.17) is 0 Å². The van der Waals surface area contributed by atoms with Crippen molar-refractivity contribution in [3.8, 4) is 0 Å². The van der Waals surface area contributed by atoms with Gasteiger partial charge in [-0.3, -0.25) is 0 Å². The molecular weight excluding hydrogens is 190 g/mol. The number of hydrogen-bond acceptors (Lipinski definition) is 1. The van der Waals surface area contributed by atoms with Gasteiger partial charge in [0, 0.05) is 6.54 Å². The van der Waals surface area contributed by atoms with Crippen LogP contribution in [0, 0.1) is 0 Å². The van der Waals surface area contributed by atoms with E-state index in [1.54, 1.807) is 0 Å². The maximum Gasteiger partial charge on any atom is 0.0208 e. The number of hydrogen-bond donors (Lipinski definition) is 1. The van der Waals surface area contributed by atoms with E-state index in [9.17, 15) is 0 Å². The lowest BCUT2D eigenvalue weighted by molar-refractivity contribution is 0.644. The minimum Gasteiger partial charge on any atom is -0.312 e. The summed E-state index contributed by atoms with van der Waals surface area (Å²) in [5.74, 6) is 0. The lowest BCUT2D eigenvalue weighted by Gasteiger charge is -2.17. The molecule has 0 unspecified atom stereocenters. The van der Waals surface area contributed by atoms with Crippen LogP contribution in [0.1, 0.15) is 16.7 Å². The number of rotatable bonds is 1. The molecule has 2 rings (SSSR count). The zero-order valence-corrected chi connectivity index (χ0v) is 9.66. The molecule has 1 N–H and O–H groups in total. The van der Waals surface area contributed by atoms with Gasteiger partial charge in [-0.1, -0.05) is 12.1 Å². The van der Waals surface area contributed by atoms with Crippen molar-refractivity contribution in [2.45, 2.75) is 13.0 Å². The van der Waals surface area contributed by atoms with Crippen LogP contribution in [0.4, 0.5) is 0 Å². The zero-order chi connectivity index (χ0) is 9.97. The highest BCUT2D eigenvalue weighted by Gasteiger charge is 2.07. The average Bonchev–Trinajstić information content (AvgIpc) is 2.17.